The predicted molar refractivity (Wildman–Crippen MR) is 70.5 cm³/mol. The monoisotopic (exact) mass is 250 g/mol. The fourth-order valence-corrected chi connectivity index (χ4v) is 2.42. The first kappa shape index (κ1) is 13.2. The number of aromatic nitrogens is 2. The highest BCUT2D eigenvalue weighted by Crippen LogP contribution is 2.11. The lowest BCUT2D eigenvalue weighted by Crippen LogP contribution is -2.53. The highest BCUT2D eigenvalue weighted by Gasteiger charge is 2.27. The van der Waals surface area contributed by atoms with E-state index < -0.39 is 0 Å². The van der Waals surface area contributed by atoms with Crippen LogP contribution in [-0.2, 0) is 18.3 Å². The number of Topliss-reactive ketones (excluding diaryl/α,β-unsaturated/α-hetero) is 1. The van der Waals surface area contributed by atoms with Gasteiger partial charge in [-0.3, -0.25) is 14.4 Å². The molecule has 18 heavy (non-hydrogen) atoms. The molecule has 0 saturated carbocycles. The molecule has 1 saturated heterocycles. The van der Waals surface area contributed by atoms with E-state index in [1.807, 2.05) is 24.8 Å². The van der Waals surface area contributed by atoms with Gasteiger partial charge in [0.25, 0.3) is 0 Å². The van der Waals surface area contributed by atoms with Gasteiger partial charge in [0.1, 0.15) is 0 Å². The lowest BCUT2D eigenvalue weighted by Gasteiger charge is -2.36. The molecule has 0 N–H and O–H groups in total. The third-order valence-corrected chi connectivity index (χ3v) is 3.77. The van der Waals surface area contributed by atoms with Gasteiger partial charge in [0.15, 0.2) is 5.78 Å². The predicted octanol–water partition coefficient (Wildman–Crippen LogP) is 0.168. The molecule has 0 bridgehead atoms. The zero-order chi connectivity index (χ0) is 13.1. The average molecular weight is 250 g/mol. The Morgan fingerprint density at radius 3 is 2.83 bits per heavy atom. The van der Waals surface area contributed by atoms with Gasteiger partial charge in [-0.1, -0.05) is 0 Å². The molecule has 5 heteroatoms. The van der Waals surface area contributed by atoms with Crippen molar-refractivity contribution in [2.45, 2.75) is 18.9 Å². The summed E-state index contributed by atoms with van der Waals surface area (Å²) in [4.78, 5) is 16.7. The highest BCUT2D eigenvalue weighted by molar-refractivity contribution is 5.84. The fourth-order valence-electron chi connectivity index (χ4n) is 2.42. The minimum atomic E-state index is 0.0528. The van der Waals surface area contributed by atoms with Crippen LogP contribution in [0.2, 0.25) is 0 Å². The summed E-state index contributed by atoms with van der Waals surface area (Å²) in [5.74, 6) is 0.338. The average Bonchev–Trinajstić information content (AvgIpc) is 2.75. The summed E-state index contributed by atoms with van der Waals surface area (Å²) in [6.45, 7) is 2.86. The summed E-state index contributed by atoms with van der Waals surface area (Å²) < 4.78 is 1.84. The Bertz CT molecular complexity index is 415. The van der Waals surface area contributed by atoms with Crippen LogP contribution in [0.4, 0.5) is 0 Å². The maximum atomic E-state index is 12.3. The SMILES string of the molecule is CN1CCN(C)C(C(=O)CCc2ccnn2C)C1. The highest BCUT2D eigenvalue weighted by atomic mass is 16.1. The minimum absolute atomic E-state index is 0.0528. The van der Waals surface area contributed by atoms with Crippen LogP contribution >= 0.6 is 0 Å². The molecule has 100 valence electrons. The second-order valence-electron chi connectivity index (χ2n) is 5.17. The van der Waals surface area contributed by atoms with Crippen molar-refractivity contribution in [3.8, 4) is 0 Å². The second kappa shape index (κ2) is 5.63. The molecule has 1 aliphatic heterocycles. The maximum Gasteiger partial charge on any atom is 0.151 e. The van der Waals surface area contributed by atoms with Gasteiger partial charge in [0, 0.05) is 45.0 Å². The van der Waals surface area contributed by atoms with Crippen molar-refractivity contribution in [1.82, 2.24) is 19.6 Å². The minimum Gasteiger partial charge on any atom is -0.303 e. The molecule has 5 nitrogen and oxygen atoms in total. The lowest BCUT2D eigenvalue weighted by molar-refractivity contribution is -0.125. The normalized spacial score (nSPS) is 22.3. The number of ketones is 1. The van der Waals surface area contributed by atoms with Crippen LogP contribution in [0.15, 0.2) is 12.3 Å². The van der Waals surface area contributed by atoms with E-state index in [1.54, 1.807) is 6.20 Å². The topological polar surface area (TPSA) is 41.4 Å². The standard InChI is InChI=1S/C13H22N4O/c1-15-8-9-16(2)12(10-15)13(18)5-4-11-6-7-14-17(11)3/h6-7,12H,4-5,8-10H2,1-3H3. The molecule has 0 amide bonds. The van der Waals surface area contributed by atoms with Crippen LogP contribution in [0.1, 0.15) is 12.1 Å². The van der Waals surface area contributed by atoms with E-state index >= 15 is 0 Å². The Hall–Kier alpha value is -1.20. The molecule has 1 fully saturated rings. The van der Waals surface area contributed by atoms with E-state index in [2.05, 4.69) is 21.9 Å². The molecule has 1 aromatic rings. The molecule has 1 unspecified atom stereocenters. The zero-order valence-electron chi connectivity index (χ0n) is 11.5. The molecular weight excluding hydrogens is 228 g/mol. The first-order valence-electron chi connectivity index (χ1n) is 6.46. The first-order valence-corrected chi connectivity index (χ1v) is 6.46. The molecule has 0 radical (unpaired) electrons. The van der Waals surface area contributed by atoms with E-state index in [4.69, 9.17) is 0 Å². The van der Waals surface area contributed by atoms with E-state index in [0.717, 1.165) is 31.7 Å². The van der Waals surface area contributed by atoms with Crippen molar-refractivity contribution >= 4 is 5.78 Å². The number of hydrogen-bond acceptors (Lipinski definition) is 4. The van der Waals surface area contributed by atoms with Gasteiger partial charge < -0.3 is 4.90 Å². The molecular formula is C13H22N4O. The summed E-state index contributed by atoms with van der Waals surface area (Å²) in [6.07, 6.45) is 3.16. The van der Waals surface area contributed by atoms with Crippen molar-refractivity contribution < 1.29 is 4.79 Å². The van der Waals surface area contributed by atoms with E-state index in [0.29, 0.717) is 12.2 Å². The van der Waals surface area contributed by atoms with Crippen LogP contribution < -0.4 is 0 Å². The number of rotatable bonds is 4. The number of piperazine rings is 1. The molecule has 1 atom stereocenters. The third-order valence-electron chi connectivity index (χ3n) is 3.77. The van der Waals surface area contributed by atoms with Gasteiger partial charge in [-0.05, 0) is 26.6 Å². The molecule has 0 aromatic carbocycles. The van der Waals surface area contributed by atoms with E-state index in [9.17, 15) is 4.79 Å². The summed E-state index contributed by atoms with van der Waals surface area (Å²) >= 11 is 0. The number of nitrogens with zero attached hydrogens (tertiary/aromatic N) is 4. The fraction of sp³-hybridized carbons (Fsp3) is 0.692. The summed E-state index contributed by atoms with van der Waals surface area (Å²) in [6, 6.07) is 2.03. The Morgan fingerprint density at radius 2 is 2.17 bits per heavy atom. The first-order chi connectivity index (χ1) is 8.58. The Morgan fingerprint density at radius 1 is 1.39 bits per heavy atom. The number of hydrogen-bond donors (Lipinski definition) is 0. The van der Waals surface area contributed by atoms with E-state index in [-0.39, 0.29) is 6.04 Å². The zero-order valence-corrected chi connectivity index (χ0v) is 11.5. The molecule has 2 heterocycles. The quantitative estimate of drug-likeness (QED) is 0.764. The van der Waals surface area contributed by atoms with Crippen molar-refractivity contribution in [2.24, 2.45) is 7.05 Å². The van der Waals surface area contributed by atoms with Gasteiger partial charge in [0.2, 0.25) is 0 Å². The van der Waals surface area contributed by atoms with Crippen molar-refractivity contribution in [3.63, 3.8) is 0 Å². The lowest BCUT2D eigenvalue weighted by atomic mass is 10.0. The number of aryl methyl sites for hydroxylation is 2. The second-order valence-corrected chi connectivity index (χ2v) is 5.17. The van der Waals surface area contributed by atoms with Crippen molar-refractivity contribution in [1.29, 1.82) is 0 Å². The van der Waals surface area contributed by atoms with Crippen LogP contribution in [0.3, 0.4) is 0 Å². The van der Waals surface area contributed by atoms with Crippen molar-refractivity contribution in [3.05, 3.63) is 18.0 Å². The van der Waals surface area contributed by atoms with Crippen molar-refractivity contribution in [2.75, 3.05) is 33.7 Å². The Labute approximate surface area is 108 Å². The summed E-state index contributed by atoms with van der Waals surface area (Å²) in [5.41, 5.74) is 1.12. The van der Waals surface area contributed by atoms with Crippen LogP contribution in [0.5, 0.6) is 0 Å². The van der Waals surface area contributed by atoms with Gasteiger partial charge in [-0.15, -0.1) is 0 Å². The molecule has 1 aliphatic rings. The summed E-state index contributed by atoms with van der Waals surface area (Å²) in [5, 5.41) is 4.12. The Balaban J connectivity index is 1.89. The third kappa shape index (κ3) is 2.97. The smallest absolute Gasteiger partial charge is 0.151 e. The summed E-state index contributed by atoms with van der Waals surface area (Å²) in [7, 11) is 6.04. The van der Waals surface area contributed by atoms with Crippen LogP contribution in [0.25, 0.3) is 0 Å². The number of likely N-dealkylation sites (N-methyl/N-ethyl adjacent to an activating group) is 2. The van der Waals surface area contributed by atoms with Gasteiger partial charge in [0.05, 0.1) is 6.04 Å². The molecule has 1 aromatic heterocycles. The molecule has 2 rings (SSSR count). The molecule has 0 spiro atoms. The Kier molecular flexibility index (Phi) is 4.14. The number of carbonyl (C=O) groups is 1. The van der Waals surface area contributed by atoms with Crippen LogP contribution in [0, 0.1) is 0 Å². The number of carbonyl (C=O) groups excluding carboxylic acids is 1. The molecule has 0 aliphatic carbocycles. The maximum absolute atomic E-state index is 12.3. The van der Waals surface area contributed by atoms with Gasteiger partial charge in [-0.2, -0.15) is 5.10 Å². The van der Waals surface area contributed by atoms with Crippen LogP contribution in [-0.4, -0.2) is 65.1 Å². The van der Waals surface area contributed by atoms with E-state index in [1.165, 1.54) is 0 Å². The van der Waals surface area contributed by atoms with Gasteiger partial charge in [-0.25, -0.2) is 0 Å². The van der Waals surface area contributed by atoms with Gasteiger partial charge >= 0.3 is 0 Å². The largest absolute Gasteiger partial charge is 0.303 e.